The van der Waals surface area contributed by atoms with Gasteiger partial charge in [0.2, 0.25) is 0 Å². The van der Waals surface area contributed by atoms with Gasteiger partial charge in [-0.15, -0.1) is 0 Å². The molecule has 0 radical (unpaired) electrons. The minimum Gasteiger partial charge on any atom is -0.380 e. The van der Waals surface area contributed by atoms with Gasteiger partial charge in [-0.3, -0.25) is 4.99 Å². The van der Waals surface area contributed by atoms with E-state index in [1.165, 1.54) is 17.7 Å². The summed E-state index contributed by atoms with van der Waals surface area (Å²) in [5.41, 5.74) is 3.36. The number of rotatable bonds is 6. The Bertz CT molecular complexity index is 671. The molecule has 0 saturated carbocycles. The predicted octanol–water partition coefficient (Wildman–Crippen LogP) is 3.18. The number of aliphatic imine (C=N–C) groups is 1. The van der Waals surface area contributed by atoms with Gasteiger partial charge in [0.05, 0.1) is 6.61 Å². The van der Waals surface area contributed by atoms with Gasteiger partial charge in [0.25, 0.3) is 0 Å². The first-order chi connectivity index (χ1) is 11.6. The quantitative estimate of drug-likeness (QED) is 0.653. The highest BCUT2D eigenvalue weighted by Gasteiger charge is 2.08. The summed E-state index contributed by atoms with van der Waals surface area (Å²) in [5, 5.41) is 3.36. The van der Waals surface area contributed by atoms with Gasteiger partial charge in [0.15, 0.2) is 5.96 Å². The molecule has 0 unspecified atom stereocenters. The molecule has 0 aromatic heterocycles. The second kappa shape index (κ2) is 9.03. The monoisotopic (exact) mass is 329 g/mol. The molecule has 0 bridgehead atoms. The maximum Gasteiger partial charge on any atom is 0.193 e. The van der Waals surface area contributed by atoms with E-state index in [-0.39, 0.29) is 5.82 Å². The lowest BCUT2D eigenvalue weighted by molar-refractivity contribution is 0.184. The first-order valence-corrected chi connectivity index (χ1v) is 7.86. The van der Waals surface area contributed by atoms with Crippen LogP contribution in [0, 0.1) is 5.82 Å². The van der Waals surface area contributed by atoms with Crippen molar-refractivity contribution in [3.05, 3.63) is 71.0 Å². The molecule has 0 aliphatic carbocycles. The Morgan fingerprint density at radius 1 is 1.12 bits per heavy atom. The smallest absolute Gasteiger partial charge is 0.193 e. The zero-order chi connectivity index (χ0) is 17.4. The van der Waals surface area contributed by atoms with Crippen molar-refractivity contribution < 1.29 is 9.13 Å². The Labute approximate surface area is 143 Å². The summed E-state index contributed by atoms with van der Waals surface area (Å²) in [4.78, 5) is 6.32. The number of nitrogens with zero attached hydrogens (tertiary/aromatic N) is 2. The van der Waals surface area contributed by atoms with Gasteiger partial charge in [0, 0.05) is 34.3 Å². The van der Waals surface area contributed by atoms with Crippen molar-refractivity contribution in [3.8, 4) is 0 Å². The third-order valence-electron chi connectivity index (χ3n) is 3.76. The molecule has 0 spiro atoms. The average molecular weight is 329 g/mol. The summed E-state index contributed by atoms with van der Waals surface area (Å²) < 4.78 is 18.2. The Morgan fingerprint density at radius 3 is 2.42 bits per heavy atom. The Hall–Kier alpha value is -2.40. The highest BCUT2D eigenvalue weighted by atomic mass is 19.1. The molecule has 0 atom stereocenters. The molecule has 1 N–H and O–H groups in total. The molecular weight excluding hydrogens is 305 g/mol. The largest absolute Gasteiger partial charge is 0.380 e. The Balaban J connectivity index is 1.98. The van der Waals surface area contributed by atoms with E-state index >= 15 is 0 Å². The number of hydrogen-bond acceptors (Lipinski definition) is 2. The lowest BCUT2D eigenvalue weighted by Gasteiger charge is -2.22. The predicted molar refractivity (Wildman–Crippen MR) is 95.2 cm³/mol. The number of hydrogen-bond donors (Lipinski definition) is 1. The zero-order valence-electron chi connectivity index (χ0n) is 14.4. The van der Waals surface area contributed by atoms with Crippen LogP contribution in [-0.4, -0.2) is 32.1 Å². The van der Waals surface area contributed by atoms with Crippen LogP contribution in [0.4, 0.5) is 4.39 Å². The molecule has 2 aromatic carbocycles. The number of nitrogens with one attached hydrogen (secondary N) is 1. The third kappa shape index (κ3) is 5.06. The summed E-state index contributed by atoms with van der Waals surface area (Å²) >= 11 is 0. The topological polar surface area (TPSA) is 36.9 Å². The summed E-state index contributed by atoms with van der Waals surface area (Å²) in [7, 11) is 5.41. The normalized spacial score (nSPS) is 11.4. The fourth-order valence-corrected chi connectivity index (χ4v) is 2.52. The molecule has 24 heavy (non-hydrogen) atoms. The van der Waals surface area contributed by atoms with Crippen molar-refractivity contribution in [1.82, 2.24) is 10.2 Å². The van der Waals surface area contributed by atoms with Crippen LogP contribution in [0.5, 0.6) is 0 Å². The molecule has 0 heterocycles. The van der Waals surface area contributed by atoms with Gasteiger partial charge < -0.3 is 15.0 Å². The van der Waals surface area contributed by atoms with E-state index in [1.54, 1.807) is 26.3 Å². The molecule has 2 rings (SSSR count). The number of benzene rings is 2. The van der Waals surface area contributed by atoms with Crippen LogP contribution in [0.2, 0.25) is 0 Å². The van der Waals surface area contributed by atoms with Crippen LogP contribution >= 0.6 is 0 Å². The fourth-order valence-electron chi connectivity index (χ4n) is 2.52. The summed E-state index contributed by atoms with van der Waals surface area (Å²) in [5.74, 6) is 0.560. The van der Waals surface area contributed by atoms with E-state index in [0.717, 1.165) is 17.1 Å². The molecular formula is C19H24FN3O. The lowest BCUT2D eigenvalue weighted by Crippen LogP contribution is -2.38. The van der Waals surface area contributed by atoms with Crippen LogP contribution < -0.4 is 5.32 Å². The van der Waals surface area contributed by atoms with Crippen molar-refractivity contribution >= 4 is 5.96 Å². The second-order valence-electron chi connectivity index (χ2n) is 5.59. The van der Waals surface area contributed by atoms with Crippen molar-refractivity contribution in [2.75, 3.05) is 21.2 Å². The highest BCUT2D eigenvalue weighted by molar-refractivity contribution is 5.79. The van der Waals surface area contributed by atoms with E-state index in [2.05, 4.69) is 22.4 Å². The molecule has 128 valence electrons. The molecule has 5 heteroatoms. The molecule has 0 aliphatic heterocycles. The first-order valence-electron chi connectivity index (χ1n) is 7.86. The molecule has 0 amide bonds. The maximum absolute atomic E-state index is 13.0. The maximum atomic E-state index is 13.0. The van der Waals surface area contributed by atoms with Gasteiger partial charge in [-0.25, -0.2) is 4.39 Å². The fraction of sp³-hybridized carbons (Fsp3) is 0.316. The van der Waals surface area contributed by atoms with E-state index < -0.39 is 0 Å². The van der Waals surface area contributed by atoms with Gasteiger partial charge in [-0.1, -0.05) is 36.4 Å². The summed E-state index contributed by atoms with van der Waals surface area (Å²) in [6, 6.07) is 14.7. The van der Waals surface area contributed by atoms with Crippen LogP contribution in [-0.2, 0) is 24.4 Å². The van der Waals surface area contributed by atoms with Crippen LogP contribution in [0.15, 0.2) is 53.5 Å². The molecule has 4 nitrogen and oxygen atoms in total. The van der Waals surface area contributed by atoms with Gasteiger partial charge in [0.1, 0.15) is 5.82 Å². The van der Waals surface area contributed by atoms with E-state index in [4.69, 9.17) is 4.74 Å². The highest BCUT2D eigenvalue weighted by Crippen LogP contribution is 2.10. The van der Waals surface area contributed by atoms with Gasteiger partial charge >= 0.3 is 0 Å². The SMILES string of the molecule is CN=C(NCc1ccccc1COC)N(C)Cc1ccc(F)cc1. The summed E-state index contributed by atoms with van der Waals surface area (Å²) in [6.45, 7) is 1.90. The third-order valence-corrected chi connectivity index (χ3v) is 3.76. The van der Waals surface area contributed by atoms with Crippen molar-refractivity contribution in [3.63, 3.8) is 0 Å². The van der Waals surface area contributed by atoms with Crippen molar-refractivity contribution in [1.29, 1.82) is 0 Å². The van der Waals surface area contributed by atoms with Gasteiger partial charge in [-0.05, 0) is 28.8 Å². The molecule has 0 fully saturated rings. The minimum atomic E-state index is -0.223. The van der Waals surface area contributed by atoms with Gasteiger partial charge in [-0.2, -0.15) is 0 Å². The number of halogens is 1. The van der Waals surface area contributed by atoms with E-state index in [0.29, 0.717) is 19.7 Å². The van der Waals surface area contributed by atoms with Crippen LogP contribution in [0.3, 0.4) is 0 Å². The van der Waals surface area contributed by atoms with E-state index in [1.807, 2.05) is 24.1 Å². The second-order valence-corrected chi connectivity index (χ2v) is 5.59. The average Bonchev–Trinajstić information content (AvgIpc) is 2.59. The molecule has 0 saturated heterocycles. The van der Waals surface area contributed by atoms with Crippen molar-refractivity contribution in [2.45, 2.75) is 19.7 Å². The minimum absolute atomic E-state index is 0.223. The molecule has 2 aromatic rings. The van der Waals surface area contributed by atoms with E-state index in [9.17, 15) is 4.39 Å². The Kier molecular flexibility index (Phi) is 6.75. The first kappa shape index (κ1) is 17.9. The molecule has 0 aliphatic rings. The summed E-state index contributed by atoms with van der Waals surface area (Å²) in [6.07, 6.45) is 0. The standard InChI is InChI=1S/C19H24FN3O/c1-21-19(23(2)13-15-8-10-18(20)11-9-15)22-12-16-6-4-5-7-17(16)14-24-3/h4-11H,12-14H2,1-3H3,(H,21,22). The lowest BCUT2D eigenvalue weighted by atomic mass is 10.1. The zero-order valence-corrected chi connectivity index (χ0v) is 14.4. The van der Waals surface area contributed by atoms with Crippen LogP contribution in [0.1, 0.15) is 16.7 Å². The number of methoxy groups -OCH3 is 1. The number of guanidine groups is 1. The van der Waals surface area contributed by atoms with Crippen molar-refractivity contribution in [2.24, 2.45) is 4.99 Å². The van der Waals surface area contributed by atoms with Crippen LogP contribution in [0.25, 0.3) is 0 Å². The Morgan fingerprint density at radius 2 is 1.79 bits per heavy atom. The number of ether oxygens (including phenoxy) is 1.